The van der Waals surface area contributed by atoms with Crippen LogP contribution < -0.4 is 4.90 Å². The van der Waals surface area contributed by atoms with Crippen molar-refractivity contribution in [2.45, 2.75) is 25.7 Å². The summed E-state index contributed by atoms with van der Waals surface area (Å²) >= 11 is 1.44. The number of benzene rings is 1. The van der Waals surface area contributed by atoms with Gasteiger partial charge in [-0.1, -0.05) is 23.4 Å². The van der Waals surface area contributed by atoms with E-state index in [4.69, 9.17) is 9.26 Å². The smallest absolute Gasteiger partial charge is 0.306 e. The maximum absolute atomic E-state index is 12.9. The highest BCUT2D eigenvalue weighted by atomic mass is 32.1. The molecule has 0 N–H and O–H groups in total. The molecular formula is C20H21N3O4S. The fourth-order valence-corrected chi connectivity index (χ4v) is 3.63. The summed E-state index contributed by atoms with van der Waals surface area (Å²) in [6.45, 7) is 1.87. The van der Waals surface area contributed by atoms with Crippen molar-refractivity contribution in [1.29, 1.82) is 0 Å². The minimum absolute atomic E-state index is 0.0420. The molecule has 1 amide bonds. The average Bonchev–Trinajstić information content (AvgIpc) is 3.36. The van der Waals surface area contributed by atoms with E-state index in [2.05, 4.69) is 10.1 Å². The van der Waals surface area contributed by atoms with Crippen LogP contribution in [0.1, 0.15) is 30.0 Å². The SMILES string of the molecule is COC(=O)C[C@H](CC(=O)N(C)c1ccccc1)c1noc(-c2cncs2)c1C. The summed E-state index contributed by atoms with van der Waals surface area (Å²) in [6.07, 6.45) is 1.85. The first-order chi connectivity index (χ1) is 13.5. The molecule has 0 aliphatic carbocycles. The lowest BCUT2D eigenvalue weighted by Crippen LogP contribution is -2.28. The van der Waals surface area contributed by atoms with Gasteiger partial charge in [0.1, 0.15) is 0 Å². The van der Waals surface area contributed by atoms with Gasteiger partial charge in [-0.05, 0) is 19.1 Å². The Labute approximate surface area is 166 Å². The minimum Gasteiger partial charge on any atom is -0.469 e. The summed E-state index contributed by atoms with van der Waals surface area (Å²) in [5.41, 5.74) is 3.88. The van der Waals surface area contributed by atoms with Gasteiger partial charge in [-0.2, -0.15) is 0 Å². The van der Waals surface area contributed by atoms with Crippen LogP contribution in [-0.2, 0) is 14.3 Å². The number of hydrogen-bond acceptors (Lipinski definition) is 7. The molecule has 146 valence electrons. The van der Waals surface area contributed by atoms with Gasteiger partial charge in [0.25, 0.3) is 0 Å². The van der Waals surface area contributed by atoms with E-state index in [1.54, 1.807) is 23.7 Å². The molecule has 0 radical (unpaired) electrons. The number of rotatable bonds is 7. The molecule has 0 aliphatic heterocycles. The number of aromatic nitrogens is 2. The summed E-state index contributed by atoms with van der Waals surface area (Å²) in [7, 11) is 3.04. The zero-order valence-electron chi connectivity index (χ0n) is 15.9. The molecule has 0 spiro atoms. The molecule has 3 aromatic rings. The van der Waals surface area contributed by atoms with E-state index >= 15 is 0 Å². The summed E-state index contributed by atoms with van der Waals surface area (Å²) in [5, 5.41) is 4.17. The highest BCUT2D eigenvalue weighted by molar-refractivity contribution is 7.13. The molecule has 0 fully saturated rings. The van der Waals surface area contributed by atoms with Crippen molar-refractivity contribution in [2.75, 3.05) is 19.1 Å². The highest BCUT2D eigenvalue weighted by Crippen LogP contribution is 2.34. The van der Waals surface area contributed by atoms with E-state index in [0.717, 1.165) is 16.1 Å². The van der Waals surface area contributed by atoms with E-state index in [1.807, 2.05) is 37.3 Å². The van der Waals surface area contributed by atoms with Crippen molar-refractivity contribution in [2.24, 2.45) is 0 Å². The average molecular weight is 399 g/mol. The summed E-state index contributed by atoms with van der Waals surface area (Å²) < 4.78 is 10.3. The highest BCUT2D eigenvalue weighted by Gasteiger charge is 2.28. The van der Waals surface area contributed by atoms with E-state index in [-0.39, 0.29) is 18.7 Å². The van der Waals surface area contributed by atoms with Crippen LogP contribution >= 0.6 is 11.3 Å². The van der Waals surface area contributed by atoms with Crippen molar-refractivity contribution in [1.82, 2.24) is 10.1 Å². The van der Waals surface area contributed by atoms with Crippen LogP contribution in [0.2, 0.25) is 0 Å². The molecule has 1 aromatic carbocycles. The predicted octanol–water partition coefficient (Wildman–Crippen LogP) is 3.81. The Morgan fingerprint density at radius 1 is 1.25 bits per heavy atom. The predicted molar refractivity (Wildman–Crippen MR) is 106 cm³/mol. The molecule has 2 heterocycles. The molecule has 3 rings (SSSR count). The number of methoxy groups -OCH3 is 1. The molecule has 28 heavy (non-hydrogen) atoms. The van der Waals surface area contributed by atoms with Gasteiger partial charge in [0, 0.05) is 36.8 Å². The van der Waals surface area contributed by atoms with Crippen molar-refractivity contribution < 1.29 is 18.8 Å². The standard InChI is InChI=1S/C20H21N3O4S/c1-13-19(22-27-20(13)16-11-21-12-28-16)14(10-18(25)26-3)9-17(24)23(2)15-7-5-4-6-8-15/h4-8,11-12,14H,9-10H2,1-3H3/t14-/m0/s1. The number of esters is 1. The number of hydrogen-bond donors (Lipinski definition) is 0. The second kappa shape index (κ2) is 8.79. The van der Waals surface area contributed by atoms with Gasteiger partial charge in [-0.15, -0.1) is 11.3 Å². The van der Waals surface area contributed by atoms with E-state index in [1.165, 1.54) is 18.4 Å². The topological polar surface area (TPSA) is 85.5 Å². The minimum atomic E-state index is -0.448. The monoisotopic (exact) mass is 399 g/mol. The van der Waals surface area contributed by atoms with E-state index in [9.17, 15) is 9.59 Å². The van der Waals surface area contributed by atoms with Crippen LogP contribution in [0.4, 0.5) is 5.69 Å². The van der Waals surface area contributed by atoms with Crippen LogP contribution in [0.5, 0.6) is 0 Å². The Morgan fingerprint density at radius 3 is 2.64 bits per heavy atom. The van der Waals surface area contributed by atoms with Crippen molar-refractivity contribution in [3.05, 3.63) is 53.3 Å². The summed E-state index contributed by atoms with van der Waals surface area (Å²) in [5.74, 6) is -0.364. The Hall–Kier alpha value is -3.00. The third-order valence-corrected chi connectivity index (χ3v) is 5.35. The first-order valence-electron chi connectivity index (χ1n) is 8.74. The van der Waals surface area contributed by atoms with Crippen LogP contribution in [0.25, 0.3) is 10.6 Å². The van der Waals surface area contributed by atoms with Gasteiger partial charge in [0.05, 0.1) is 29.6 Å². The fraction of sp³-hybridized carbons (Fsp3) is 0.300. The number of carbonyl (C=O) groups excluding carboxylic acids is 2. The lowest BCUT2D eigenvalue weighted by atomic mass is 9.93. The summed E-state index contributed by atoms with van der Waals surface area (Å²) in [4.78, 5) is 31.3. The van der Waals surface area contributed by atoms with Crippen molar-refractivity contribution in [3.8, 4) is 10.6 Å². The van der Waals surface area contributed by atoms with Gasteiger partial charge in [-0.3, -0.25) is 14.6 Å². The third kappa shape index (κ3) is 4.28. The number of para-hydroxylation sites is 1. The Kier molecular flexibility index (Phi) is 6.20. The molecule has 0 saturated carbocycles. The van der Waals surface area contributed by atoms with Crippen LogP contribution in [0, 0.1) is 6.92 Å². The van der Waals surface area contributed by atoms with Gasteiger partial charge >= 0.3 is 5.97 Å². The second-order valence-electron chi connectivity index (χ2n) is 6.36. The lowest BCUT2D eigenvalue weighted by molar-refractivity contribution is -0.141. The van der Waals surface area contributed by atoms with Crippen LogP contribution in [0.15, 0.2) is 46.6 Å². The number of anilines is 1. The number of amides is 1. The third-order valence-electron chi connectivity index (χ3n) is 4.58. The van der Waals surface area contributed by atoms with Crippen molar-refractivity contribution in [3.63, 3.8) is 0 Å². The first kappa shape index (κ1) is 19.8. The van der Waals surface area contributed by atoms with Crippen LogP contribution in [-0.4, -0.2) is 36.2 Å². The van der Waals surface area contributed by atoms with E-state index in [0.29, 0.717) is 11.5 Å². The molecule has 0 aliphatic rings. The molecule has 0 bridgehead atoms. The van der Waals surface area contributed by atoms with E-state index < -0.39 is 11.9 Å². The maximum Gasteiger partial charge on any atom is 0.306 e. The normalized spacial score (nSPS) is 11.8. The Balaban J connectivity index is 1.85. The van der Waals surface area contributed by atoms with Gasteiger partial charge < -0.3 is 14.2 Å². The van der Waals surface area contributed by atoms with Gasteiger partial charge in [0.2, 0.25) is 5.91 Å². The number of thiazole rings is 1. The number of ether oxygens (including phenoxy) is 1. The zero-order chi connectivity index (χ0) is 20.1. The van der Waals surface area contributed by atoms with Gasteiger partial charge in [0.15, 0.2) is 5.76 Å². The van der Waals surface area contributed by atoms with Crippen LogP contribution in [0.3, 0.4) is 0 Å². The van der Waals surface area contributed by atoms with Crippen molar-refractivity contribution >= 4 is 28.9 Å². The molecular weight excluding hydrogens is 378 g/mol. The number of nitrogens with zero attached hydrogens (tertiary/aromatic N) is 3. The molecule has 0 unspecified atom stereocenters. The molecule has 8 heteroatoms. The zero-order valence-corrected chi connectivity index (χ0v) is 16.7. The Bertz CT molecular complexity index is 938. The first-order valence-corrected chi connectivity index (χ1v) is 9.62. The summed E-state index contributed by atoms with van der Waals surface area (Å²) in [6, 6.07) is 9.34. The molecule has 2 aromatic heterocycles. The largest absolute Gasteiger partial charge is 0.469 e. The molecule has 1 atom stereocenters. The molecule has 7 nitrogen and oxygen atoms in total. The Morgan fingerprint density at radius 2 is 2.00 bits per heavy atom. The second-order valence-corrected chi connectivity index (χ2v) is 7.24. The molecule has 0 saturated heterocycles. The maximum atomic E-state index is 12.9. The lowest BCUT2D eigenvalue weighted by Gasteiger charge is -2.20. The number of carbonyl (C=O) groups is 2. The van der Waals surface area contributed by atoms with Gasteiger partial charge in [-0.25, -0.2) is 0 Å². The fourth-order valence-electron chi connectivity index (χ4n) is 2.98. The quantitative estimate of drug-likeness (QED) is 0.562.